The van der Waals surface area contributed by atoms with Gasteiger partial charge in [-0.25, -0.2) is 4.79 Å². The van der Waals surface area contributed by atoms with Crippen LogP contribution in [0.15, 0.2) is 24.3 Å². The Morgan fingerprint density at radius 1 is 1.35 bits per heavy atom. The maximum atomic E-state index is 11.4. The number of aliphatic hydroxyl groups excluding tert-OH is 1. The van der Waals surface area contributed by atoms with Crippen LogP contribution in [0.25, 0.3) is 5.76 Å². The molecular weight excluding hydrogens is 284 g/mol. The fourth-order valence-corrected chi connectivity index (χ4v) is 1.59. The van der Waals surface area contributed by atoms with E-state index in [1.54, 1.807) is 12.1 Å². The predicted molar refractivity (Wildman–Crippen MR) is 74.8 cm³/mol. The van der Waals surface area contributed by atoms with Gasteiger partial charge in [0.25, 0.3) is 5.78 Å². The summed E-state index contributed by atoms with van der Waals surface area (Å²) in [5, 5.41) is 10.3. The van der Waals surface area contributed by atoms with Gasteiger partial charge < -0.3 is 14.6 Å². The van der Waals surface area contributed by atoms with Crippen LogP contribution in [-0.2, 0) is 14.3 Å². The van der Waals surface area contributed by atoms with Crippen LogP contribution in [-0.4, -0.2) is 30.1 Å². The summed E-state index contributed by atoms with van der Waals surface area (Å²) in [5.74, 6) is -2.10. The topological polar surface area (TPSA) is 72.8 Å². The summed E-state index contributed by atoms with van der Waals surface area (Å²) in [5.41, 5.74) is 0.225. The van der Waals surface area contributed by atoms with E-state index in [1.165, 1.54) is 6.07 Å². The third kappa shape index (κ3) is 4.28. The van der Waals surface area contributed by atoms with E-state index in [-0.39, 0.29) is 11.7 Å². The number of rotatable bonds is 5. The van der Waals surface area contributed by atoms with Crippen LogP contribution >= 0.6 is 11.6 Å². The molecule has 0 atom stereocenters. The first-order valence-corrected chi connectivity index (χ1v) is 6.22. The fourth-order valence-electron chi connectivity index (χ4n) is 1.42. The van der Waals surface area contributed by atoms with Gasteiger partial charge in [-0.3, -0.25) is 4.79 Å². The Morgan fingerprint density at radius 3 is 2.55 bits per heavy atom. The Hall–Kier alpha value is -2.01. The summed E-state index contributed by atoms with van der Waals surface area (Å²) in [6, 6.07) is 4.61. The van der Waals surface area contributed by atoms with Gasteiger partial charge in [-0.15, -0.1) is 0 Å². The second-order valence-electron chi connectivity index (χ2n) is 4.19. The molecule has 1 aromatic carbocycles. The zero-order valence-electron chi connectivity index (χ0n) is 11.3. The molecule has 0 bridgehead atoms. The third-order valence-electron chi connectivity index (χ3n) is 2.23. The largest absolute Gasteiger partial charge is 0.507 e. The first-order chi connectivity index (χ1) is 9.35. The normalized spacial score (nSPS) is 11.3. The van der Waals surface area contributed by atoms with Gasteiger partial charge >= 0.3 is 5.97 Å². The first kappa shape index (κ1) is 16.0. The average Bonchev–Trinajstić information content (AvgIpc) is 2.39. The van der Waals surface area contributed by atoms with Crippen LogP contribution in [0.3, 0.4) is 0 Å². The molecule has 5 nitrogen and oxygen atoms in total. The molecule has 0 fully saturated rings. The molecule has 0 aliphatic carbocycles. The van der Waals surface area contributed by atoms with Gasteiger partial charge in [-0.2, -0.15) is 0 Å². The molecular formula is C14H15ClO5. The minimum absolute atomic E-state index is 0.126. The van der Waals surface area contributed by atoms with E-state index in [4.69, 9.17) is 16.3 Å². The van der Waals surface area contributed by atoms with Gasteiger partial charge in [0, 0.05) is 11.1 Å². The first-order valence-electron chi connectivity index (χ1n) is 5.84. The Labute approximate surface area is 121 Å². The number of benzene rings is 1. The van der Waals surface area contributed by atoms with Crippen molar-refractivity contribution in [2.24, 2.45) is 0 Å². The molecule has 0 unspecified atom stereocenters. The van der Waals surface area contributed by atoms with Crippen LogP contribution in [0.1, 0.15) is 19.4 Å². The van der Waals surface area contributed by atoms with Crippen molar-refractivity contribution in [2.75, 3.05) is 7.11 Å². The molecule has 0 aliphatic heterocycles. The molecule has 20 heavy (non-hydrogen) atoms. The van der Waals surface area contributed by atoms with Crippen LogP contribution in [0, 0.1) is 0 Å². The van der Waals surface area contributed by atoms with E-state index in [0.717, 1.165) is 13.2 Å². The monoisotopic (exact) mass is 298 g/mol. The quantitative estimate of drug-likeness (QED) is 0.392. The molecule has 0 amide bonds. The van der Waals surface area contributed by atoms with E-state index in [2.05, 4.69) is 4.74 Å². The lowest BCUT2D eigenvalue weighted by atomic mass is 10.1. The maximum Gasteiger partial charge on any atom is 0.378 e. The van der Waals surface area contributed by atoms with E-state index < -0.39 is 17.5 Å². The molecule has 0 radical (unpaired) electrons. The Bertz CT molecular complexity index is 548. The summed E-state index contributed by atoms with van der Waals surface area (Å²) in [7, 11) is 1.08. The number of esters is 1. The number of ether oxygens (including phenoxy) is 2. The summed E-state index contributed by atoms with van der Waals surface area (Å²) < 4.78 is 9.77. The van der Waals surface area contributed by atoms with E-state index in [1.807, 2.05) is 13.8 Å². The number of aliphatic hydroxyl groups is 1. The lowest BCUT2D eigenvalue weighted by Gasteiger charge is -2.14. The molecule has 1 rings (SSSR count). The molecule has 0 saturated carbocycles. The van der Waals surface area contributed by atoms with Crippen molar-refractivity contribution >= 4 is 29.1 Å². The third-order valence-corrected chi connectivity index (χ3v) is 2.47. The van der Waals surface area contributed by atoms with Crippen molar-refractivity contribution in [1.29, 1.82) is 0 Å². The molecule has 0 aliphatic rings. The number of carbonyl (C=O) groups is 2. The van der Waals surface area contributed by atoms with Crippen molar-refractivity contribution in [3.8, 4) is 5.75 Å². The summed E-state index contributed by atoms with van der Waals surface area (Å²) in [6.07, 6.45) is 0.643. The van der Waals surface area contributed by atoms with Crippen molar-refractivity contribution in [2.45, 2.75) is 20.0 Å². The van der Waals surface area contributed by atoms with Gasteiger partial charge in [0.15, 0.2) is 0 Å². The van der Waals surface area contributed by atoms with Crippen molar-refractivity contribution in [3.63, 3.8) is 0 Å². The summed E-state index contributed by atoms with van der Waals surface area (Å²) >= 11 is 5.85. The van der Waals surface area contributed by atoms with Crippen molar-refractivity contribution in [3.05, 3.63) is 34.9 Å². The van der Waals surface area contributed by atoms with Crippen LogP contribution in [0.2, 0.25) is 5.02 Å². The Balaban J connectivity index is 3.16. The highest BCUT2D eigenvalue weighted by Gasteiger charge is 2.16. The number of halogens is 1. The predicted octanol–water partition coefficient (Wildman–Crippen LogP) is 2.77. The van der Waals surface area contributed by atoms with Crippen molar-refractivity contribution in [1.82, 2.24) is 0 Å². The van der Waals surface area contributed by atoms with Gasteiger partial charge in [-0.1, -0.05) is 11.6 Å². The maximum absolute atomic E-state index is 11.4. The number of hydrogen-bond donors (Lipinski definition) is 1. The van der Waals surface area contributed by atoms with Gasteiger partial charge in [0.2, 0.25) is 0 Å². The minimum Gasteiger partial charge on any atom is -0.507 e. The van der Waals surface area contributed by atoms with Gasteiger partial charge in [-0.05, 0) is 32.0 Å². The smallest absolute Gasteiger partial charge is 0.378 e. The SMILES string of the molecule is COC(=O)C(=O)/C=C(\O)c1cc(Cl)ccc1OC(C)C. The zero-order valence-corrected chi connectivity index (χ0v) is 12.1. The number of hydrogen-bond acceptors (Lipinski definition) is 5. The molecule has 0 spiro atoms. The highest BCUT2D eigenvalue weighted by molar-refractivity contribution is 6.39. The standard InChI is InChI=1S/C14H15ClO5/c1-8(2)20-13-5-4-9(15)6-10(13)11(16)7-12(17)14(18)19-3/h4-8,16H,1-3H3/b11-7-. The lowest BCUT2D eigenvalue weighted by molar-refractivity contribution is -0.149. The zero-order chi connectivity index (χ0) is 15.3. The molecule has 6 heteroatoms. The molecule has 0 aromatic heterocycles. The Kier molecular flexibility index (Phi) is 5.58. The van der Waals surface area contributed by atoms with Crippen LogP contribution in [0.5, 0.6) is 5.75 Å². The summed E-state index contributed by atoms with van der Waals surface area (Å²) in [4.78, 5) is 22.4. The summed E-state index contributed by atoms with van der Waals surface area (Å²) in [6.45, 7) is 3.64. The lowest BCUT2D eigenvalue weighted by Crippen LogP contribution is -2.13. The van der Waals surface area contributed by atoms with E-state index >= 15 is 0 Å². The van der Waals surface area contributed by atoms with E-state index in [0.29, 0.717) is 10.8 Å². The molecule has 1 N–H and O–H groups in total. The van der Waals surface area contributed by atoms with Gasteiger partial charge in [0.1, 0.15) is 11.5 Å². The second-order valence-corrected chi connectivity index (χ2v) is 4.63. The Morgan fingerprint density at radius 2 is 2.00 bits per heavy atom. The molecule has 0 heterocycles. The number of carbonyl (C=O) groups excluding carboxylic acids is 2. The van der Waals surface area contributed by atoms with Gasteiger partial charge in [0.05, 0.1) is 18.8 Å². The fraction of sp³-hybridized carbons (Fsp3) is 0.286. The number of methoxy groups -OCH3 is 1. The molecule has 0 saturated heterocycles. The molecule has 1 aromatic rings. The number of ketones is 1. The minimum atomic E-state index is -1.06. The highest BCUT2D eigenvalue weighted by Crippen LogP contribution is 2.28. The van der Waals surface area contributed by atoms with Crippen LogP contribution in [0.4, 0.5) is 0 Å². The average molecular weight is 299 g/mol. The molecule has 108 valence electrons. The van der Waals surface area contributed by atoms with E-state index in [9.17, 15) is 14.7 Å². The van der Waals surface area contributed by atoms with Crippen LogP contribution < -0.4 is 4.74 Å². The highest BCUT2D eigenvalue weighted by atomic mass is 35.5. The van der Waals surface area contributed by atoms with Crippen molar-refractivity contribution < 1.29 is 24.2 Å². The second kappa shape index (κ2) is 6.96.